The zero-order chi connectivity index (χ0) is 18.1. The van der Waals surface area contributed by atoms with E-state index in [-0.39, 0.29) is 24.6 Å². The number of fused-ring (bicyclic) bond motifs is 1. The van der Waals surface area contributed by atoms with Crippen molar-refractivity contribution in [2.45, 2.75) is 19.9 Å². The Hall–Kier alpha value is -1.99. The van der Waals surface area contributed by atoms with Crippen LogP contribution in [0.3, 0.4) is 0 Å². The Morgan fingerprint density at radius 1 is 1.28 bits per heavy atom. The van der Waals surface area contributed by atoms with Crippen LogP contribution in [0, 0.1) is 16.6 Å². The average Bonchev–Trinajstić information content (AvgIpc) is 2.86. The molecule has 1 aromatic carbocycles. The molecule has 0 N–H and O–H groups in total. The summed E-state index contributed by atoms with van der Waals surface area (Å²) in [5.41, 5.74) is 2.33. The maximum absolute atomic E-state index is 13.3. The molecule has 0 bridgehead atoms. The van der Waals surface area contributed by atoms with Crippen LogP contribution < -0.4 is 4.90 Å². The van der Waals surface area contributed by atoms with Gasteiger partial charge in [0.2, 0.25) is 5.76 Å². The molecule has 0 radical (unpaired) electrons. The molecule has 25 heavy (non-hydrogen) atoms. The number of anilines is 1. The van der Waals surface area contributed by atoms with Gasteiger partial charge in [0, 0.05) is 22.2 Å². The quantitative estimate of drug-likeness (QED) is 0.533. The monoisotopic (exact) mass is 409 g/mol. The van der Waals surface area contributed by atoms with Crippen molar-refractivity contribution in [1.82, 2.24) is 0 Å². The van der Waals surface area contributed by atoms with E-state index in [1.807, 2.05) is 4.90 Å². The van der Waals surface area contributed by atoms with Crippen LogP contribution in [-0.2, 0) is 9.47 Å². The van der Waals surface area contributed by atoms with Crippen LogP contribution >= 0.6 is 15.9 Å². The van der Waals surface area contributed by atoms with Gasteiger partial charge in [0.25, 0.3) is 12.4 Å². The molecular formula is C18H19BrFN2O3+. The van der Waals surface area contributed by atoms with Gasteiger partial charge in [0.1, 0.15) is 11.5 Å². The van der Waals surface area contributed by atoms with Crippen LogP contribution in [0.4, 0.5) is 10.1 Å². The molecule has 0 saturated heterocycles. The first-order valence-corrected chi connectivity index (χ1v) is 8.69. The van der Waals surface area contributed by atoms with Crippen molar-refractivity contribution in [3.8, 4) is 0 Å². The maximum atomic E-state index is 13.3. The second-order valence-electron chi connectivity index (χ2n) is 6.18. The van der Waals surface area contributed by atoms with Crippen molar-refractivity contribution >= 4 is 21.6 Å². The van der Waals surface area contributed by atoms with Crippen LogP contribution in [0.25, 0.3) is 0 Å². The lowest BCUT2D eigenvalue weighted by Gasteiger charge is -2.31. The molecule has 2 heterocycles. The fourth-order valence-corrected chi connectivity index (χ4v) is 4.22. The summed E-state index contributed by atoms with van der Waals surface area (Å²) in [6.07, 6.45) is 2.88. The number of benzene rings is 1. The van der Waals surface area contributed by atoms with Gasteiger partial charge in [-0.05, 0) is 30.2 Å². The summed E-state index contributed by atoms with van der Waals surface area (Å²) in [6.45, 7) is 4.23. The number of ether oxygens (including phenoxy) is 2. The lowest BCUT2D eigenvalue weighted by molar-refractivity contribution is -0.407. The van der Waals surface area contributed by atoms with Crippen molar-refractivity contribution in [1.29, 1.82) is 0 Å². The molecule has 3 rings (SSSR count). The normalized spacial score (nSPS) is 20.0. The minimum atomic E-state index is -0.302. The standard InChI is InChI=1S/C18H19BrFN2O3/c1-11(2)18-17(19)16-14(8-21(23)9-15(16)25-10-24-3)22(18)13-6-4-12(20)5-7-13/h4-9,11,18H,10H2,1-3H3/q+1. The number of hydrogen-bond acceptors (Lipinski definition) is 4. The van der Waals surface area contributed by atoms with Gasteiger partial charge in [0.05, 0.1) is 16.4 Å². The predicted molar refractivity (Wildman–Crippen MR) is 96.2 cm³/mol. The molecule has 5 nitrogen and oxygen atoms in total. The molecule has 1 unspecified atom stereocenters. The van der Waals surface area contributed by atoms with Crippen molar-refractivity contribution in [3.05, 3.63) is 68.9 Å². The first kappa shape index (κ1) is 17.8. The van der Waals surface area contributed by atoms with Crippen LogP contribution in [0.5, 0.6) is 0 Å². The van der Waals surface area contributed by atoms with E-state index in [0.717, 1.165) is 15.7 Å². The third-order valence-electron chi connectivity index (χ3n) is 4.10. The van der Waals surface area contributed by atoms with Crippen molar-refractivity contribution < 1.29 is 18.6 Å². The zero-order valence-electron chi connectivity index (χ0n) is 14.2. The van der Waals surface area contributed by atoms with E-state index in [1.165, 1.54) is 31.6 Å². The highest BCUT2D eigenvalue weighted by molar-refractivity contribution is 9.11. The van der Waals surface area contributed by atoms with E-state index in [2.05, 4.69) is 29.8 Å². The van der Waals surface area contributed by atoms with Gasteiger partial charge in [-0.15, -0.1) is 0 Å². The fraction of sp³-hybridized carbons (Fsp3) is 0.333. The maximum Gasteiger partial charge on any atom is 0.270 e. The Morgan fingerprint density at radius 2 is 1.96 bits per heavy atom. The smallest absolute Gasteiger partial charge is 0.270 e. The Labute approximate surface area is 154 Å². The molecule has 2 aliphatic rings. The number of hydrogen-bond donors (Lipinski definition) is 0. The molecule has 0 saturated carbocycles. The van der Waals surface area contributed by atoms with Gasteiger partial charge in [-0.2, -0.15) is 0 Å². The number of halogens is 2. The van der Waals surface area contributed by atoms with E-state index < -0.39 is 0 Å². The summed E-state index contributed by atoms with van der Waals surface area (Å²) < 4.78 is 25.6. The Kier molecular flexibility index (Phi) is 5.06. The van der Waals surface area contributed by atoms with Gasteiger partial charge < -0.3 is 14.4 Å². The number of methoxy groups -OCH3 is 1. The van der Waals surface area contributed by atoms with E-state index in [4.69, 9.17) is 9.47 Å². The van der Waals surface area contributed by atoms with E-state index in [9.17, 15) is 9.30 Å². The topological polar surface area (TPSA) is 41.8 Å². The van der Waals surface area contributed by atoms with Gasteiger partial charge in [0.15, 0.2) is 6.79 Å². The largest absolute Gasteiger partial charge is 0.460 e. The lowest BCUT2D eigenvalue weighted by atomic mass is 10.0. The van der Waals surface area contributed by atoms with Gasteiger partial charge >= 0.3 is 0 Å². The molecule has 1 aromatic rings. The highest BCUT2D eigenvalue weighted by Crippen LogP contribution is 2.47. The summed E-state index contributed by atoms with van der Waals surface area (Å²) in [7, 11) is 1.52. The summed E-state index contributed by atoms with van der Waals surface area (Å²) in [6, 6.07) is 6.20. The summed E-state index contributed by atoms with van der Waals surface area (Å²) in [5, 5.41) is 0. The van der Waals surface area contributed by atoms with Gasteiger partial charge in [-0.1, -0.05) is 29.8 Å². The minimum Gasteiger partial charge on any atom is -0.460 e. The molecule has 132 valence electrons. The second kappa shape index (κ2) is 7.09. The van der Waals surface area contributed by atoms with Crippen LogP contribution in [0.2, 0.25) is 0 Å². The van der Waals surface area contributed by atoms with Crippen LogP contribution in [-0.4, -0.2) is 24.7 Å². The molecule has 0 amide bonds. The fourth-order valence-electron chi connectivity index (χ4n) is 3.09. The highest BCUT2D eigenvalue weighted by Gasteiger charge is 2.44. The SMILES string of the molecule is COCOC1=C[N+](=O)C=C2C1=C(Br)C(C(C)C)N2c1ccc(F)cc1. The summed E-state index contributed by atoms with van der Waals surface area (Å²) in [5.74, 6) is 0.377. The summed E-state index contributed by atoms with van der Waals surface area (Å²) >= 11 is 3.69. The predicted octanol–water partition coefficient (Wildman–Crippen LogP) is 4.42. The van der Waals surface area contributed by atoms with E-state index in [1.54, 1.807) is 12.1 Å². The van der Waals surface area contributed by atoms with Gasteiger partial charge in [-0.3, -0.25) is 0 Å². The number of rotatable bonds is 5. The molecular weight excluding hydrogens is 391 g/mol. The Balaban J connectivity index is 2.10. The molecule has 2 aliphatic heterocycles. The average molecular weight is 410 g/mol. The third kappa shape index (κ3) is 3.26. The molecule has 7 heteroatoms. The van der Waals surface area contributed by atoms with Crippen molar-refractivity contribution in [2.75, 3.05) is 18.8 Å². The zero-order valence-corrected chi connectivity index (χ0v) is 15.8. The van der Waals surface area contributed by atoms with Gasteiger partial charge in [-0.25, -0.2) is 4.39 Å². The second-order valence-corrected chi connectivity index (χ2v) is 7.03. The lowest BCUT2D eigenvalue weighted by Crippen LogP contribution is -2.34. The number of nitrogens with zero attached hydrogens (tertiary/aromatic N) is 2. The van der Waals surface area contributed by atoms with Crippen LogP contribution in [0.1, 0.15) is 13.8 Å². The first-order chi connectivity index (χ1) is 11.9. The summed E-state index contributed by atoms with van der Waals surface area (Å²) in [4.78, 5) is 14.1. The molecule has 1 atom stereocenters. The molecule has 0 fully saturated rings. The third-order valence-corrected chi connectivity index (χ3v) is 4.97. The minimum absolute atomic E-state index is 0.0345. The highest BCUT2D eigenvalue weighted by atomic mass is 79.9. The van der Waals surface area contributed by atoms with E-state index >= 15 is 0 Å². The van der Waals surface area contributed by atoms with Crippen molar-refractivity contribution in [3.63, 3.8) is 0 Å². The van der Waals surface area contributed by atoms with Crippen LogP contribution in [0.15, 0.2) is 58.2 Å². The molecule has 0 aliphatic carbocycles. The first-order valence-electron chi connectivity index (χ1n) is 7.90. The van der Waals surface area contributed by atoms with Crippen molar-refractivity contribution in [2.24, 2.45) is 5.92 Å². The Bertz CT molecular complexity index is 784. The molecule has 0 spiro atoms. The Morgan fingerprint density at radius 3 is 2.56 bits per heavy atom. The number of nitroso groups, excluding NO2 is 1. The molecule has 0 aromatic heterocycles. The van der Waals surface area contributed by atoms with E-state index in [0.29, 0.717) is 16.2 Å².